The quantitative estimate of drug-likeness (QED) is 0.716. The Morgan fingerprint density at radius 1 is 1.33 bits per heavy atom. The molecule has 1 fully saturated rings. The topological polar surface area (TPSA) is 17.1 Å². The Hall–Kier alpha value is -1.11. The molecule has 0 aliphatic heterocycles. The molecule has 15 heavy (non-hydrogen) atoms. The van der Waals surface area contributed by atoms with Crippen molar-refractivity contribution in [1.82, 2.24) is 0 Å². The molecule has 1 aromatic rings. The van der Waals surface area contributed by atoms with Gasteiger partial charge in [0, 0.05) is 12.3 Å². The van der Waals surface area contributed by atoms with Crippen molar-refractivity contribution >= 4 is 5.78 Å². The second kappa shape index (κ2) is 4.61. The summed E-state index contributed by atoms with van der Waals surface area (Å²) in [5, 5.41) is 0. The van der Waals surface area contributed by atoms with Crippen molar-refractivity contribution in [3.05, 3.63) is 35.4 Å². The molecule has 1 heteroatoms. The van der Waals surface area contributed by atoms with Crippen molar-refractivity contribution in [1.29, 1.82) is 0 Å². The molecule has 80 valence electrons. The van der Waals surface area contributed by atoms with E-state index in [0.717, 1.165) is 32.1 Å². The van der Waals surface area contributed by atoms with E-state index in [1.807, 2.05) is 0 Å². The second-order valence-corrected chi connectivity index (χ2v) is 4.52. The molecule has 0 radical (unpaired) electrons. The SMILES string of the molecule is Cc1ccccc1CCCC(=O)C1CC1. The highest BCUT2D eigenvalue weighted by molar-refractivity contribution is 5.83. The fourth-order valence-corrected chi connectivity index (χ4v) is 1.95. The molecule has 2 rings (SSSR count). The first-order valence-corrected chi connectivity index (χ1v) is 5.84. The van der Waals surface area contributed by atoms with Gasteiger partial charge in [-0.1, -0.05) is 24.3 Å². The molecule has 1 nitrogen and oxygen atoms in total. The molecule has 0 atom stereocenters. The average Bonchev–Trinajstić information content (AvgIpc) is 3.04. The third kappa shape index (κ3) is 2.92. The van der Waals surface area contributed by atoms with Gasteiger partial charge in [-0.25, -0.2) is 0 Å². The summed E-state index contributed by atoms with van der Waals surface area (Å²) < 4.78 is 0. The number of hydrogen-bond acceptors (Lipinski definition) is 1. The minimum Gasteiger partial charge on any atom is -0.299 e. The Morgan fingerprint density at radius 2 is 2.07 bits per heavy atom. The first-order chi connectivity index (χ1) is 7.27. The Morgan fingerprint density at radius 3 is 2.73 bits per heavy atom. The smallest absolute Gasteiger partial charge is 0.135 e. The van der Waals surface area contributed by atoms with E-state index in [1.165, 1.54) is 11.1 Å². The lowest BCUT2D eigenvalue weighted by atomic mass is 10.0. The van der Waals surface area contributed by atoms with Crippen molar-refractivity contribution in [2.45, 2.75) is 39.0 Å². The van der Waals surface area contributed by atoms with Crippen LogP contribution in [0.3, 0.4) is 0 Å². The Bertz CT molecular complexity index is 350. The Labute approximate surface area is 91.5 Å². The molecule has 1 aliphatic carbocycles. The van der Waals surface area contributed by atoms with Crippen LogP contribution >= 0.6 is 0 Å². The Balaban J connectivity index is 1.78. The maximum atomic E-state index is 11.5. The van der Waals surface area contributed by atoms with Crippen LogP contribution in [-0.4, -0.2) is 5.78 Å². The number of hydrogen-bond donors (Lipinski definition) is 0. The lowest BCUT2D eigenvalue weighted by Gasteiger charge is -2.04. The zero-order valence-corrected chi connectivity index (χ0v) is 9.33. The summed E-state index contributed by atoms with van der Waals surface area (Å²) in [6.45, 7) is 2.14. The van der Waals surface area contributed by atoms with Crippen LogP contribution in [0.5, 0.6) is 0 Å². The number of ketones is 1. The zero-order chi connectivity index (χ0) is 10.7. The van der Waals surface area contributed by atoms with E-state index in [2.05, 4.69) is 31.2 Å². The zero-order valence-electron chi connectivity index (χ0n) is 9.33. The van der Waals surface area contributed by atoms with Gasteiger partial charge < -0.3 is 0 Å². The lowest BCUT2D eigenvalue weighted by Crippen LogP contribution is -2.01. The third-order valence-corrected chi connectivity index (χ3v) is 3.16. The van der Waals surface area contributed by atoms with Crippen molar-refractivity contribution in [2.24, 2.45) is 5.92 Å². The largest absolute Gasteiger partial charge is 0.299 e. The minimum atomic E-state index is 0.432. The van der Waals surface area contributed by atoms with E-state index in [0.29, 0.717) is 11.7 Å². The predicted molar refractivity (Wildman–Crippen MR) is 61.8 cm³/mol. The summed E-state index contributed by atoms with van der Waals surface area (Å²) in [5.74, 6) is 0.922. The standard InChI is InChI=1S/C14H18O/c1-11-5-2-3-6-12(11)7-4-8-14(15)13-9-10-13/h2-3,5-6,13H,4,7-10H2,1H3. The van der Waals surface area contributed by atoms with Gasteiger partial charge in [0.1, 0.15) is 5.78 Å². The van der Waals surface area contributed by atoms with Gasteiger partial charge >= 0.3 is 0 Å². The van der Waals surface area contributed by atoms with Gasteiger partial charge in [0.05, 0.1) is 0 Å². The highest BCUT2D eigenvalue weighted by Gasteiger charge is 2.28. The van der Waals surface area contributed by atoms with Gasteiger partial charge in [-0.3, -0.25) is 4.79 Å². The fourth-order valence-electron chi connectivity index (χ4n) is 1.95. The fraction of sp³-hybridized carbons (Fsp3) is 0.500. The van der Waals surface area contributed by atoms with Gasteiger partial charge in [-0.2, -0.15) is 0 Å². The van der Waals surface area contributed by atoms with Gasteiger partial charge in [-0.05, 0) is 43.7 Å². The van der Waals surface area contributed by atoms with Crippen molar-refractivity contribution in [3.8, 4) is 0 Å². The molecule has 0 bridgehead atoms. The van der Waals surface area contributed by atoms with E-state index in [9.17, 15) is 4.79 Å². The molecule has 0 amide bonds. The molecule has 1 saturated carbocycles. The van der Waals surface area contributed by atoms with E-state index in [-0.39, 0.29) is 0 Å². The molecule has 0 spiro atoms. The molecule has 1 aliphatic rings. The second-order valence-electron chi connectivity index (χ2n) is 4.52. The molecule has 0 aromatic heterocycles. The van der Waals surface area contributed by atoms with Crippen LogP contribution in [0, 0.1) is 12.8 Å². The van der Waals surface area contributed by atoms with E-state index >= 15 is 0 Å². The number of benzene rings is 1. The summed E-state index contributed by atoms with van der Waals surface area (Å²) in [5.41, 5.74) is 2.73. The molecule has 1 aromatic carbocycles. The number of carbonyl (C=O) groups excluding carboxylic acids is 1. The van der Waals surface area contributed by atoms with Crippen LogP contribution in [0.4, 0.5) is 0 Å². The Kier molecular flexibility index (Phi) is 3.20. The summed E-state index contributed by atoms with van der Waals surface area (Å²) in [6, 6.07) is 8.44. The maximum absolute atomic E-state index is 11.5. The highest BCUT2D eigenvalue weighted by atomic mass is 16.1. The molecule has 0 unspecified atom stereocenters. The molecular formula is C14H18O. The number of rotatable bonds is 5. The van der Waals surface area contributed by atoms with Crippen molar-refractivity contribution in [2.75, 3.05) is 0 Å². The molecule has 0 N–H and O–H groups in total. The van der Waals surface area contributed by atoms with Crippen LogP contribution in [0.25, 0.3) is 0 Å². The van der Waals surface area contributed by atoms with E-state index in [1.54, 1.807) is 0 Å². The van der Waals surface area contributed by atoms with E-state index < -0.39 is 0 Å². The summed E-state index contributed by atoms with van der Waals surface area (Å²) in [4.78, 5) is 11.5. The highest BCUT2D eigenvalue weighted by Crippen LogP contribution is 2.31. The predicted octanol–water partition coefficient (Wildman–Crippen LogP) is 3.30. The minimum absolute atomic E-state index is 0.432. The summed E-state index contributed by atoms with van der Waals surface area (Å²) in [7, 11) is 0. The lowest BCUT2D eigenvalue weighted by molar-refractivity contribution is -0.120. The van der Waals surface area contributed by atoms with Crippen LogP contribution in [0.15, 0.2) is 24.3 Å². The number of carbonyl (C=O) groups is 1. The molecule has 0 heterocycles. The van der Waals surface area contributed by atoms with Crippen molar-refractivity contribution < 1.29 is 4.79 Å². The van der Waals surface area contributed by atoms with Crippen LogP contribution in [0.1, 0.15) is 36.8 Å². The molecular weight excluding hydrogens is 184 g/mol. The first-order valence-electron chi connectivity index (χ1n) is 5.84. The maximum Gasteiger partial charge on any atom is 0.135 e. The van der Waals surface area contributed by atoms with Gasteiger partial charge in [0.25, 0.3) is 0 Å². The van der Waals surface area contributed by atoms with Crippen molar-refractivity contribution in [3.63, 3.8) is 0 Å². The normalized spacial score (nSPS) is 15.3. The third-order valence-electron chi connectivity index (χ3n) is 3.16. The van der Waals surface area contributed by atoms with Crippen LogP contribution in [-0.2, 0) is 11.2 Å². The average molecular weight is 202 g/mol. The molecule has 0 saturated heterocycles. The summed E-state index contributed by atoms with van der Waals surface area (Å²) in [6.07, 6.45) is 5.12. The van der Waals surface area contributed by atoms with E-state index in [4.69, 9.17) is 0 Å². The van der Waals surface area contributed by atoms with Gasteiger partial charge in [0.15, 0.2) is 0 Å². The number of aryl methyl sites for hydroxylation is 2. The van der Waals surface area contributed by atoms with Gasteiger partial charge in [0.2, 0.25) is 0 Å². The monoisotopic (exact) mass is 202 g/mol. The first kappa shape index (κ1) is 10.4. The summed E-state index contributed by atoms with van der Waals surface area (Å²) >= 11 is 0. The van der Waals surface area contributed by atoms with Crippen LogP contribution in [0.2, 0.25) is 0 Å². The van der Waals surface area contributed by atoms with Gasteiger partial charge in [-0.15, -0.1) is 0 Å². The van der Waals surface area contributed by atoms with Crippen LogP contribution < -0.4 is 0 Å². The number of Topliss-reactive ketones (excluding diaryl/α,β-unsaturated/α-hetero) is 1.